The Morgan fingerprint density at radius 3 is 1.69 bits per heavy atom. The zero-order valence-electron chi connectivity index (χ0n) is 20.2. The second kappa shape index (κ2) is 10.2. The number of benzene rings is 2. The average molecular weight is 467 g/mol. The van der Waals surface area contributed by atoms with Crippen LogP contribution in [0.15, 0.2) is 24.3 Å². The number of ether oxygens (including phenoxy) is 4. The van der Waals surface area contributed by atoms with E-state index in [9.17, 15) is 0 Å². The molecule has 0 bridgehead atoms. The van der Waals surface area contributed by atoms with Gasteiger partial charge in [0.1, 0.15) is 11.5 Å². The van der Waals surface area contributed by atoms with Gasteiger partial charge in [0.25, 0.3) is 0 Å². The molecule has 0 spiro atoms. The normalized spacial score (nSPS) is 12.4. The molecule has 0 radical (unpaired) electrons. The van der Waals surface area contributed by atoms with Crippen molar-refractivity contribution in [2.45, 2.75) is 39.3 Å². The molecular formula is C24H32F2O5Si. The van der Waals surface area contributed by atoms with E-state index in [4.69, 9.17) is 23.4 Å². The van der Waals surface area contributed by atoms with E-state index in [2.05, 4.69) is 0 Å². The minimum Gasteiger partial charge on any atom is -0.546 e. The Balaban J connectivity index is 2.82. The fourth-order valence-electron chi connectivity index (χ4n) is 3.43. The first-order chi connectivity index (χ1) is 15.0. The van der Waals surface area contributed by atoms with Crippen LogP contribution in [0, 0.1) is 0 Å². The summed E-state index contributed by atoms with van der Waals surface area (Å²) in [6, 6.07) is 5.84. The Morgan fingerprint density at radius 1 is 0.750 bits per heavy atom. The van der Waals surface area contributed by atoms with Gasteiger partial charge in [-0.3, -0.25) is 0 Å². The van der Waals surface area contributed by atoms with Crippen LogP contribution in [-0.4, -0.2) is 37.5 Å². The maximum Gasteiger partial charge on any atom is 0.229 e. The highest BCUT2D eigenvalue weighted by molar-refractivity contribution is 6.49. The van der Waals surface area contributed by atoms with Crippen LogP contribution in [-0.2, 0) is 5.41 Å². The largest absolute Gasteiger partial charge is 0.546 e. The minimum absolute atomic E-state index is 0.0307. The predicted molar refractivity (Wildman–Crippen MR) is 126 cm³/mol. The summed E-state index contributed by atoms with van der Waals surface area (Å²) in [5.74, 6) is -0.504. The highest BCUT2D eigenvalue weighted by Gasteiger charge is 2.29. The molecule has 2 rings (SSSR count). The fraction of sp³-hybridized carbons (Fsp3) is 0.417. The van der Waals surface area contributed by atoms with Gasteiger partial charge in [-0.05, 0) is 42.8 Å². The van der Waals surface area contributed by atoms with Crippen LogP contribution in [0.4, 0.5) is 8.78 Å². The second-order valence-corrected chi connectivity index (χ2v) is 10.8. The third-order valence-corrected chi connectivity index (χ3v) is 5.50. The SMILES string of the molecule is COc1cc(/C(F)=C(/F)c2ccc(OC)c(C(C)(C)C)c2O[SiH](C)C)cc(OC)c1OC. The van der Waals surface area contributed by atoms with Crippen molar-refractivity contribution in [2.24, 2.45) is 0 Å². The molecule has 0 aromatic heterocycles. The first kappa shape index (κ1) is 25.5. The smallest absolute Gasteiger partial charge is 0.229 e. The molecule has 5 nitrogen and oxygen atoms in total. The Bertz CT molecular complexity index is 972. The molecule has 0 saturated heterocycles. The van der Waals surface area contributed by atoms with E-state index in [0.29, 0.717) is 22.8 Å². The lowest BCUT2D eigenvalue weighted by molar-refractivity contribution is 0.324. The fourth-order valence-corrected chi connectivity index (χ4v) is 4.14. The second-order valence-electron chi connectivity index (χ2n) is 8.48. The Morgan fingerprint density at radius 2 is 1.28 bits per heavy atom. The molecular weight excluding hydrogens is 434 g/mol. The van der Waals surface area contributed by atoms with Gasteiger partial charge in [-0.25, -0.2) is 8.78 Å². The van der Waals surface area contributed by atoms with Crippen molar-refractivity contribution >= 4 is 20.7 Å². The Labute approximate surface area is 190 Å². The lowest BCUT2D eigenvalue weighted by Gasteiger charge is -2.28. The highest BCUT2D eigenvalue weighted by Crippen LogP contribution is 2.47. The van der Waals surface area contributed by atoms with Crippen molar-refractivity contribution in [2.75, 3.05) is 28.4 Å². The van der Waals surface area contributed by atoms with Crippen LogP contribution < -0.4 is 23.4 Å². The quantitative estimate of drug-likeness (QED) is 0.345. The van der Waals surface area contributed by atoms with Gasteiger partial charge in [-0.2, -0.15) is 0 Å². The number of halogens is 2. The van der Waals surface area contributed by atoms with Crippen LogP contribution in [0.5, 0.6) is 28.7 Å². The molecule has 2 aromatic rings. The third kappa shape index (κ3) is 5.18. The van der Waals surface area contributed by atoms with Gasteiger partial charge in [0.05, 0.1) is 34.0 Å². The predicted octanol–water partition coefficient (Wildman–Crippen LogP) is 6.15. The van der Waals surface area contributed by atoms with E-state index < -0.39 is 26.1 Å². The zero-order chi connectivity index (χ0) is 24.2. The monoisotopic (exact) mass is 466 g/mol. The van der Waals surface area contributed by atoms with Crippen LogP contribution in [0.25, 0.3) is 11.7 Å². The molecule has 0 atom stereocenters. The van der Waals surface area contributed by atoms with E-state index in [-0.39, 0.29) is 22.6 Å². The van der Waals surface area contributed by atoms with Gasteiger partial charge in [-0.15, -0.1) is 0 Å². The number of rotatable bonds is 8. The molecule has 0 aliphatic carbocycles. The standard InChI is InChI=1S/C24H32F2O5Si/c1-24(2,3)19-16(27-4)11-10-15(22(19)31-32(8)9)21(26)20(25)14-12-17(28-5)23(30-7)18(13-14)29-6/h10-13,32H,1-9H3/b21-20-. The summed E-state index contributed by atoms with van der Waals surface area (Å²) in [6.07, 6.45) is 0. The highest BCUT2D eigenvalue weighted by atomic mass is 28.3. The number of methoxy groups -OCH3 is 4. The summed E-state index contributed by atoms with van der Waals surface area (Å²) in [7, 11) is 4.15. The first-order valence-corrected chi connectivity index (χ1v) is 13.0. The van der Waals surface area contributed by atoms with E-state index in [1.165, 1.54) is 39.5 Å². The molecule has 2 aromatic carbocycles. The molecule has 0 heterocycles. The average Bonchev–Trinajstić information content (AvgIpc) is 2.75. The lowest BCUT2D eigenvalue weighted by Crippen LogP contribution is -2.20. The van der Waals surface area contributed by atoms with E-state index in [1.807, 2.05) is 33.9 Å². The number of hydrogen-bond donors (Lipinski definition) is 0. The third-order valence-electron chi connectivity index (χ3n) is 4.79. The van der Waals surface area contributed by atoms with Gasteiger partial charge in [0.15, 0.2) is 23.2 Å². The van der Waals surface area contributed by atoms with Crippen LogP contribution in [0.1, 0.15) is 37.5 Å². The molecule has 0 fully saturated rings. The molecule has 0 aliphatic heterocycles. The van der Waals surface area contributed by atoms with Crippen molar-refractivity contribution in [1.29, 1.82) is 0 Å². The molecule has 0 amide bonds. The first-order valence-electron chi connectivity index (χ1n) is 10.2. The van der Waals surface area contributed by atoms with Crippen LogP contribution in [0.2, 0.25) is 13.1 Å². The van der Waals surface area contributed by atoms with Gasteiger partial charge in [-0.1, -0.05) is 20.8 Å². The molecule has 0 N–H and O–H groups in total. The number of hydrogen-bond acceptors (Lipinski definition) is 5. The van der Waals surface area contributed by atoms with Gasteiger partial charge in [0, 0.05) is 11.1 Å². The summed E-state index contributed by atoms with van der Waals surface area (Å²) in [5.41, 5.74) is 0.246. The minimum atomic E-state index is -1.66. The summed E-state index contributed by atoms with van der Waals surface area (Å²) >= 11 is 0. The van der Waals surface area contributed by atoms with Gasteiger partial charge in [0.2, 0.25) is 14.8 Å². The summed E-state index contributed by atoms with van der Waals surface area (Å²) in [5, 5.41) is 0. The van der Waals surface area contributed by atoms with Crippen molar-refractivity contribution in [3.8, 4) is 28.7 Å². The summed E-state index contributed by atoms with van der Waals surface area (Å²) in [6.45, 7) is 9.85. The zero-order valence-corrected chi connectivity index (χ0v) is 21.3. The molecule has 0 unspecified atom stereocenters. The molecule has 0 saturated carbocycles. The van der Waals surface area contributed by atoms with E-state index in [1.54, 1.807) is 13.2 Å². The Hall–Kier alpha value is -2.74. The molecule has 32 heavy (non-hydrogen) atoms. The maximum atomic E-state index is 15.7. The van der Waals surface area contributed by atoms with Crippen molar-refractivity contribution in [1.82, 2.24) is 0 Å². The Kier molecular flexibility index (Phi) is 8.17. The van der Waals surface area contributed by atoms with Crippen molar-refractivity contribution < 1.29 is 32.2 Å². The van der Waals surface area contributed by atoms with Crippen LogP contribution >= 0.6 is 0 Å². The van der Waals surface area contributed by atoms with Gasteiger partial charge < -0.3 is 23.4 Å². The topological polar surface area (TPSA) is 46.2 Å². The molecule has 8 heteroatoms. The summed E-state index contributed by atoms with van der Waals surface area (Å²) in [4.78, 5) is 0. The summed E-state index contributed by atoms with van der Waals surface area (Å²) < 4.78 is 58.6. The molecule has 176 valence electrons. The lowest BCUT2D eigenvalue weighted by atomic mass is 9.84. The van der Waals surface area contributed by atoms with Gasteiger partial charge >= 0.3 is 0 Å². The molecule has 0 aliphatic rings. The van der Waals surface area contributed by atoms with Crippen molar-refractivity contribution in [3.05, 3.63) is 41.0 Å². The van der Waals surface area contributed by atoms with Crippen LogP contribution in [0.3, 0.4) is 0 Å². The van der Waals surface area contributed by atoms with Crippen molar-refractivity contribution in [3.63, 3.8) is 0 Å². The van der Waals surface area contributed by atoms with E-state index in [0.717, 1.165) is 0 Å². The maximum absolute atomic E-state index is 15.7. The van der Waals surface area contributed by atoms with E-state index >= 15 is 8.78 Å².